The average molecular weight is 394 g/mol. The molecule has 3 aromatic rings. The fraction of sp³-hybridized carbons (Fsp3) is 0.250. The molecule has 0 fully saturated rings. The van der Waals surface area contributed by atoms with E-state index in [4.69, 9.17) is 4.42 Å². The minimum Gasteiger partial charge on any atom is -0.464 e. The van der Waals surface area contributed by atoms with Gasteiger partial charge >= 0.3 is 0 Å². The SMILES string of the molecule is CC(C)Cc1nc(-c2coc3ccccc23)[nH]c(=O)c1I. The van der Waals surface area contributed by atoms with Crippen molar-refractivity contribution in [3.05, 3.63) is 50.1 Å². The Kier molecular flexibility index (Phi) is 3.84. The van der Waals surface area contributed by atoms with Gasteiger partial charge in [0.05, 0.1) is 14.8 Å². The van der Waals surface area contributed by atoms with Crippen molar-refractivity contribution in [2.75, 3.05) is 0 Å². The van der Waals surface area contributed by atoms with Gasteiger partial charge in [-0.25, -0.2) is 4.98 Å². The summed E-state index contributed by atoms with van der Waals surface area (Å²) in [5.41, 5.74) is 2.36. The third kappa shape index (κ3) is 2.74. The molecule has 0 aliphatic rings. The molecule has 1 aromatic carbocycles. The number of para-hydroxylation sites is 1. The Morgan fingerprint density at radius 1 is 1.33 bits per heavy atom. The Morgan fingerprint density at radius 3 is 2.86 bits per heavy atom. The van der Waals surface area contributed by atoms with Crippen molar-refractivity contribution in [3.8, 4) is 11.4 Å². The number of hydrogen-bond donors (Lipinski definition) is 1. The summed E-state index contributed by atoms with van der Waals surface area (Å²) >= 11 is 2.06. The van der Waals surface area contributed by atoms with Crippen LogP contribution in [0.2, 0.25) is 0 Å². The molecule has 0 aliphatic carbocycles. The molecule has 1 N–H and O–H groups in total. The molecule has 0 bridgehead atoms. The van der Waals surface area contributed by atoms with Gasteiger partial charge in [-0.1, -0.05) is 32.0 Å². The van der Waals surface area contributed by atoms with Crippen LogP contribution in [-0.2, 0) is 6.42 Å². The van der Waals surface area contributed by atoms with Crippen LogP contribution >= 0.6 is 22.6 Å². The monoisotopic (exact) mass is 394 g/mol. The molecule has 0 spiro atoms. The first-order valence-corrected chi connectivity index (χ1v) is 7.89. The number of aromatic amines is 1. The van der Waals surface area contributed by atoms with Crippen LogP contribution in [0.25, 0.3) is 22.4 Å². The maximum absolute atomic E-state index is 12.1. The second kappa shape index (κ2) is 5.63. The number of nitrogens with zero attached hydrogens (tertiary/aromatic N) is 1. The van der Waals surface area contributed by atoms with E-state index < -0.39 is 0 Å². The van der Waals surface area contributed by atoms with Gasteiger partial charge in [0.25, 0.3) is 5.56 Å². The van der Waals surface area contributed by atoms with Crippen molar-refractivity contribution in [2.45, 2.75) is 20.3 Å². The highest BCUT2D eigenvalue weighted by atomic mass is 127. The summed E-state index contributed by atoms with van der Waals surface area (Å²) in [5, 5.41) is 0.956. The molecule has 3 rings (SSSR count). The molecule has 0 atom stereocenters. The van der Waals surface area contributed by atoms with Gasteiger partial charge in [0.1, 0.15) is 17.7 Å². The van der Waals surface area contributed by atoms with Crippen LogP contribution in [0.15, 0.2) is 39.7 Å². The average Bonchev–Trinajstić information content (AvgIpc) is 2.87. The van der Waals surface area contributed by atoms with Gasteiger partial charge in [0.15, 0.2) is 0 Å². The Balaban J connectivity index is 2.18. The summed E-state index contributed by atoms with van der Waals surface area (Å²) in [7, 11) is 0. The molecular formula is C16H15IN2O2. The Morgan fingerprint density at radius 2 is 2.10 bits per heavy atom. The lowest BCUT2D eigenvalue weighted by Crippen LogP contribution is -2.17. The second-order valence-electron chi connectivity index (χ2n) is 5.42. The maximum atomic E-state index is 12.1. The third-order valence-corrected chi connectivity index (χ3v) is 4.38. The normalized spacial score (nSPS) is 11.4. The van der Waals surface area contributed by atoms with Crippen LogP contribution in [0.4, 0.5) is 0 Å². The number of hydrogen-bond acceptors (Lipinski definition) is 3. The Bertz CT molecular complexity index is 849. The van der Waals surface area contributed by atoms with Gasteiger partial charge < -0.3 is 9.40 Å². The van der Waals surface area contributed by atoms with E-state index in [1.165, 1.54) is 0 Å². The summed E-state index contributed by atoms with van der Waals surface area (Å²) in [6.07, 6.45) is 2.43. The van der Waals surface area contributed by atoms with Crippen LogP contribution in [0.3, 0.4) is 0 Å². The molecule has 21 heavy (non-hydrogen) atoms. The fourth-order valence-corrected chi connectivity index (χ4v) is 2.79. The zero-order valence-electron chi connectivity index (χ0n) is 11.8. The van der Waals surface area contributed by atoms with E-state index in [-0.39, 0.29) is 5.56 Å². The topological polar surface area (TPSA) is 58.9 Å². The second-order valence-corrected chi connectivity index (χ2v) is 6.50. The quantitative estimate of drug-likeness (QED) is 0.684. The van der Waals surface area contributed by atoms with E-state index in [0.717, 1.165) is 28.6 Å². The maximum Gasteiger partial charge on any atom is 0.264 e. The van der Waals surface area contributed by atoms with E-state index in [0.29, 0.717) is 15.3 Å². The van der Waals surface area contributed by atoms with Crippen molar-refractivity contribution in [1.29, 1.82) is 0 Å². The first-order valence-electron chi connectivity index (χ1n) is 6.81. The minimum absolute atomic E-state index is 0.0958. The number of furan rings is 1. The molecule has 0 radical (unpaired) electrons. The van der Waals surface area contributed by atoms with E-state index in [1.54, 1.807) is 6.26 Å². The van der Waals surface area contributed by atoms with Gasteiger partial charge in [-0.2, -0.15) is 0 Å². The van der Waals surface area contributed by atoms with Gasteiger partial charge in [-0.15, -0.1) is 0 Å². The first kappa shape index (κ1) is 14.3. The molecular weight excluding hydrogens is 379 g/mol. The number of nitrogens with one attached hydrogen (secondary N) is 1. The zero-order valence-corrected chi connectivity index (χ0v) is 14.0. The van der Waals surface area contributed by atoms with Crippen molar-refractivity contribution >= 4 is 33.6 Å². The van der Waals surface area contributed by atoms with E-state index in [2.05, 4.69) is 46.4 Å². The first-order chi connectivity index (χ1) is 10.1. The molecule has 5 heteroatoms. The van der Waals surface area contributed by atoms with Crippen molar-refractivity contribution in [1.82, 2.24) is 9.97 Å². The summed E-state index contributed by atoms with van der Waals surface area (Å²) in [5.74, 6) is 1.02. The number of benzene rings is 1. The van der Waals surface area contributed by atoms with E-state index >= 15 is 0 Å². The molecule has 0 amide bonds. The largest absolute Gasteiger partial charge is 0.464 e. The fourth-order valence-electron chi connectivity index (χ4n) is 2.32. The van der Waals surface area contributed by atoms with Crippen molar-refractivity contribution in [3.63, 3.8) is 0 Å². The van der Waals surface area contributed by atoms with E-state index in [9.17, 15) is 4.79 Å². The van der Waals surface area contributed by atoms with Crippen molar-refractivity contribution < 1.29 is 4.42 Å². The molecule has 2 heterocycles. The molecule has 108 valence electrons. The van der Waals surface area contributed by atoms with Crippen molar-refractivity contribution in [2.24, 2.45) is 5.92 Å². The zero-order chi connectivity index (χ0) is 15.0. The van der Waals surface area contributed by atoms with Gasteiger partial charge in [-0.3, -0.25) is 4.79 Å². The van der Waals surface area contributed by atoms with E-state index in [1.807, 2.05) is 24.3 Å². The standard InChI is InChI=1S/C16H15IN2O2/c1-9(2)7-12-14(17)16(20)19-15(18-12)11-8-21-13-6-4-3-5-10(11)13/h3-6,8-9H,7H2,1-2H3,(H,18,19,20). The molecule has 2 aromatic heterocycles. The lowest BCUT2D eigenvalue weighted by molar-refractivity contribution is 0.616. The molecule has 4 nitrogen and oxygen atoms in total. The summed E-state index contributed by atoms with van der Waals surface area (Å²) in [4.78, 5) is 19.6. The van der Waals surface area contributed by atoms with Gasteiger partial charge in [0, 0.05) is 5.39 Å². The highest BCUT2D eigenvalue weighted by Gasteiger charge is 2.15. The smallest absolute Gasteiger partial charge is 0.264 e. The molecule has 0 aliphatic heterocycles. The van der Waals surface area contributed by atoms with Crippen LogP contribution in [0, 0.1) is 9.49 Å². The molecule has 0 saturated heterocycles. The summed E-state index contributed by atoms with van der Waals surface area (Å²) in [6, 6.07) is 7.73. The Hall–Kier alpha value is -1.63. The highest BCUT2D eigenvalue weighted by Crippen LogP contribution is 2.28. The number of aromatic nitrogens is 2. The van der Waals surface area contributed by atoms with Gasteiger partial charge in [0.2, 0.25) is 0 Å². The number of halogens is 1. The molecule has 0 saturated carbocycles. The third-order valence-electron chi connectivity index (χ3n) is 3.27. The number of H-pyrrole nitrogens is 1. The Labute approximate surface area is 135 Å². The predicted molar refractivity (Wildman–Crippen MR) is 91.3 cm³/mol. The lowest BCUT2D eigenvalue weighted by atomic mass is 10.1. The number of rotatable bonds is 3. The lowest BCUT2D eigenvalue weighted by Gasteiger charge is -2.08. The summed E-state index contributed by atoms with van der Waals surface area (Å²) in [6.45, 7) is 4.23. The molecule has 0 unspecified atom stereocenters. The predicted octanol–water partition coefficient (Wildman–Crippen LogP) is 3.99. The summed E-state index contributed by atoms with van der Waals surface area (Å²) < 4.78 is 6.20. The van der Waals surface area contributed by atoms with Crippen LogP contribution in [0.1, 0.15) is 19.5 Å². The highest BCUT2D eigenvalue weighted by molar-refractivity contribution is 14.1. The van der Waals surface area contributed by atoms with Crippen LogP contribution in [-0.4, -0.2) is 9.97 Å². The number of fused-ring (bicyclic) bond motifs is 1. The van der Waals surface area contributed by atoms with Crippen LogP contribution in [0.5, 0.6) is 0 Å². The van der Waals surface area contributed by atoms with Gasteiger partial charge in [-0.05, 0) is 41.0 Å². The van der Waals surface area contributed by atoms with Crippen LogP contribution < -0.4 is 5.56 Å². The minimum atomic E-state index is -0.0958.